The predicted molar refractivity (Wildman–Crippen MR) is 107 cm³/mol. The maximum absolute atomic E-state index is 13.0. The lowest BCUT2D eigenvalue weighted by Gasteiger charge is -2.22. The minimum absolute atomic E-state index is 0.271. The number of aryl methyl sites for hydroxylation is 1. The lowest BCUT2D eigenvalue weighted by atomic mass is 9.88. The molecule has 0 bridgehead atoms. The summed E-state index contributed by atoms with van der Waals surface area (Å²) in [6.45, 7) is 2.44. The SMILES string of the molecule is CCCc1ccc(C(=O)C[C@]2(O)C(=O)N(CCCC#N)c3ccccc32)cc1. The second kappa shape index (κ2) is 8.37. The molecule has 5 nitrogen and oxygen atoms in total. The number of nitriles is 1. The summed E-state index contributed by atoms with van der Waals surface area (Å²) in [5.74, 6) is -0.768. The summed E-state index contributed by atoms with van der Waals surface area (Å²) in [6.07, 6.45) is 2.51. The van der Waals surface area contributed by atoms with Crippen LogP contribution in [-0.2, 0) is 16.8 Å². The monoisotopic (exact) mass is 376 g/mol. The molecule has 0 aliphatic carbocycles. The number of benzene rings is 2. The van der Waals surface area contributed by atoms with Crippen LogP contribution in [0.4, 0.5) is 5.69 Å². The average Bonchev–Trinajstić information content (AvgIpc) is 2.91. The number of nitrogens with zero attached hydrogens (tertiary/aromatic N) is 2. The van der Waals surface area contributed by atoms with Gasteiger partial charge < -0.3 is 10.0 Å². The average molecular weight is 376 g/mol. The van der Waals surface area contributed by atoms with Crippen LogP contribution in [0.15, 0.2) is 48.5 Å². The topological polar surface area (TPSA) is 81.4 Å². The Kier molecular flexibility index (Phi) is 5.91. The fourth-order valence-electron chi connectivity index (χ4n) is 3.70. The summed E-state index contributed by atoms with van der Waals surface area (Å²) < 4.78 is 0. The maximum Gasteiger partial charge on any atom is 0.264 e. The highest BCUT2D eigenvalue weighted by Crippen LogP contribution is 2.42. The highest BCUT2D eigenvalue weighted by Gasteiger charge is 2.50. The van der Waals surface area contributed by atoms with Crippen molar-refractivity contribution in [1.29, 1.82) is 5.26 Å². The molecule has 2 aromatic rings. The van der Waals surface area contributed by atoms with Crippen molar-refractivity contribution in [3.05, 3.63) is 65.2 Å². The summed E-state index contributed by atoms with van der Waals surface area (Å²) >= 11 is 0. The van der Waals surface area contributed by atoms with E-state index in [9.17, 15) is 14.7 Å². The van der Waals surface area contributed by atoms with Gasteiger partial charge in [0, 0.05) is 24.1 Å². The van der Waals surface area contributed by atoms with E-state index in [-0.39, 0.29) is 12.2 Å². The Balaban J connectivity index is 1.84. The van der Waals surface area contributed by atoms with Gasteiger partial charge in [0.05, 0.1) is 18.2 Å². The first-order valence-electron chi connectivity index (χ1n) is 9.64. The molecule has 1 N–H and O–H groups in total. The van der Waals surface area contributed by atoms with Gasteiger partial charge in [-0.1, -0.05) is 55.8 Å². The number of Topliss-reactive ketones (excluding diaryl/α,β-unsaturated/α-hetero) is 1. The molecule has 1 heterocycles. The first kappa shape index (κ1) is 19.8. The summed E-state index contributed by atoms with van der Waals surface area (Å²) in [5, 5.41) is 20.0. The lowest BCUT2D eigenvalue weighted by Crippen LogP contribution is -2.42. The van der Waals surface area contributed by atoms with Gasteiger partial charge in [-0.2, -0.15) is 5.26 Å². The predicted octanol–water partition coefficient (Wildman–Crippen LogP) is 3.75. The Morgan fingerprint density at radius 2 is 1.89 bits per heavy atom. The number of rotatable bonds is 8. The van der Waals surface area contributed by atoms with Crippen LogP contribution in [0.3, 0.4) is 0 Å². The highest BCUT2D eigenvalue weighted by atomic mass is 16.3. The molecule has 0 unspecified atom stereocenters. The number of amides is 1. The van der Waals surface area contributed by atoms with Crippen molar-refractivity contribution < 1.29 is 14.7 Å². The number of anilines is 1. The van der Waals surface area contributed by atoms with Crippen LogP contribution in [0.2, 0.25) is 0 Å². The lowest BCUT2D eigenvalue weighted by molar-refractivity contribution is -0.135. The minimum atomic E-state index is -1.87. The number of ketones is 1. The quantitative estimate of drug-likeness (QED) is 0.562. The number of carbonyl (C=O) groups is 2. The van der Waals surface area contributed by atoms with Gasteiger partial charge in [0.25, 0.3) is 5.91 Å². The van der Waals surface area contributed by atoms with Gasteiger partial charge in [-0.15, -0.1) is 0 Å². The molecule has 144 valence electrons. The summed E-state index contributed by atoms with van der Waals surface area (Å²) in [6, 6.07) is 16.4. The third-order valence-corrected chi connectivity index (χ3v) is 5.14. The van der Waals surface area contributed by atoms with Crippen molar-refractivity contribution in [2.45, 2.75) is 44.6 Å². The van der Waals surface area contributed by atoms with Crippen LogP contribution >= 0.6 is 0 Å². The van der Waals surface area contributed by atoms with E-state index < -0.39 is 11.5 Å². The molecule has 2 aromatic carbocycles. The Labute approximate surface area is 165 Å². The smallest absolute Gasteiger partial charge is 0.264 e. The highest BCUT2D eigenvalue weighted by molar-refractivity contribution is 6.10. The van der Waals surface area contributed by atoms with Crippen LogP contribution in [0.1, 0.15) is 54.1 Å². The largest absolute Gasteiger partial charge is 0.375 e. The zero-order valence-electron chi connectivity index (χ0n) is 16.0. The third kappa shape index (κ3) is 3.69. The van der Waals surface area contributed by atoms with Crippen molar-refractivity contribution in [2.24, 2.45) is 0 Å². The standard InChI is InChI=1S/C23H24N2O3/c1-2-7-17-10-12-18(13-11-17)21(26)16-23(28)19-8-3-4-9-20(19)25(22(23)27)15-6-5-14-24/h3-4,8-13,28H,2,5-7,15-16H2,1H3/t23-/m1/s1. The maximum atomic E-state index is 13.0. The molecule has 1 aliphatic rings. The molecule has 0 saturated carbocycles. The van der Waals surface area contributed by atoms with E-state index in [0.29, 0.717) is 36.2 Å². The first-order valence-corrected chi connectivity index (χ1v) is 9.64. The van der Waals surface area contributed by atoms with Crippen molar-refractivity contribution >= 4 is 17.4 Å². The number of hydrogen-bond donors (Lipinski definition) is 1. The van der Waals surface area contributed by atoms with Crippen LogP contribution in [0, 0.1) is 11.3 Å². The molecule has 0 fully saturated rings. The van der Waals surface area contributed by atoms with Crippen molar-refractivity contribution in [3.63, 3.8) is 0 Å². The van der Waals surface area contributed by atoms with Gasteiger partial charge in [-0.25, -0.2) is 0 Å². The zero-order valence-corrected chi connectivity index (χ0v) is 16.0. The molecule has 28 heavy (non-hydrogen) atoms. The van der Waals surface area contributed by atoms with Crippen LogP contribution in [0.25, 0.3) is 0 Å². The van der Waals surface area contributed by atoms with Crippen molar-refractivity contribution in [3.8, 4) is 6.07 Å². The van der Waals surface area contributed by atoms with E-state index in [2.05, 4.69) is 13.0 Å². The minimum Gasteiger partial charge on any atom is -0.375 e. The van der Waals surface area contributed by atoms with Gasteiger partial charge in [-0.05, 0) is 24.5 Å². The second-order valence-corrected chi connectivity index (χ2v) is 7.14. The van der Waals surface area contributed by atoms with Crippen molar-refractivity contribution in [1.82, 2.24) is 0 Å². The van der Waals surface area contributed by atoms with E-state index in [0.717, 1.165) is 18.4 Å². The molecular formula is C23H24N2O3. The molecule has 0 radical (unpaired) electrons. The zero-order chi connectivity index (χ0) is 20.1. The number of aliphatic hydroxyl groups is 1. The molecule has 0 aromatic heterocycles. The molecule has 3 rings (SSSR count). The number of fused-ring (bicyclic) bond motifs is 1. The molecule has 5 heteroatoms. The summed E-state index contributed by atoms with van der Waals surface area (Å²) in [7, 11) is 0. The molecule has 1 aliphatic heterocycles. The molecule has 0 saturated heterocycles. The normalized spacial score (nSPS) is 18.0. The van der Waals surface area contributed by atoms with Gasteiger partial charge in [0.2, 0.25) is 0 Å². The van der Waals surface area contributed by atoms with E-state index in [1.165, 1.54) is 4.90 Å². The number of para-hydroxylation sites is 1. The van der Waals surface area contributed by atoms with Gasteiger partial charge >= 0.3 is 0 Å². The first-order chi connectivity index (χ1) is 13.5. The number of hydrogen-bond acceptors (Lipinski definition) is 4. The van der Waals surface area contributed by atoms with E-state index in [4.69, 9.17) is 5.26 Å². The Morgan fingerprint density at radius 3 is 2.57 bits per heavy atom. The third-order valence-electron chi connectivity index (χ3n) is 5.14. The van der Waals surface area contributed by atoms with Gasteiger partial charge in [0.15, 0.2) is 11.4 Å². The molecule has 0 spiro atoms. The Morgan fingerprint density at radius 1 is 1.18 bits per heavy atom. The van der Waals surface area contributed by atoms with Crippen molar-refractivity contribution in [2.75, 3.05) is 11.4 Å². The van der Waals surface area contributed by atoms with E-state index >= 15 is 0 Å². The van der Waals surface area contributed by atoms with Crippen LogP contribution in [0.5, 0.6) is 0 Å². The second-order valence-electron chi connectivity index (χ2n) is 7.14. The summed E-state index contributed by atoms with van der Waals surface area (Å²) in [4.78, 5) is 27.3. The number of unbranched alkanes of at least 4 members (excludes halogenated alkanes) is 1. The number of carbonyl (C=O) groups excluding carboxylic acids is 2. The fraction of sp³-hybridized carbons (Fsp3) is 0.348. The molecular weight excluding hydrogens is 352 g/mol. The van der Waals surface area contributed by atoms with Gasteiger partial charge in [0.1, 0.15) is 0 Å². The van der Waals surface area contributed by atoms with Crippen LogP contribution in [-0.4, -0.2) is 23.3 Å². The molecule has 1 amide bonds. The van der Waals surface area contributed by atoms with E-state index in [1.54, 1.807) is 36.4 Å². The Hall–Kier alpha value is -2.97. The van der Waals surface area contributed by atoms with E-state index in [1.807, 2.05) is 12.1 Å². The van der Waals surface area contributed by atoms with Crippen LogP contribution < -0.4 is 4.90 Å². The fourth-order valence-corrected chi connectivity index (χ4v) is 3.70. The molecule has 1 atom stereocenters. The Bertz CT molecular complexity index is 914. The summed E-state index contributed by atoms with van der Waals surface area (Å²) in [5.41, 5.74) is 0.833. The van der Waals surface area contributed by atoms with Gasteiger partial charge in [-0.3, -0.25) is 9.59 Å².